The fourth-order valence-electron chi connectivity index (χ4n) is 2.77. The molecule has 0 aliphatic carbocycles. The first kappa shape index (κ1) is 21.5. The van der Waals surface area contributed by atoms with E-state index in [2.05, 4.69) is 5.32 Å². The zero-order valence-corrected chi connectivity index (χ0v) is 16.9. The maximum atomic E-state index is 12.6. The Morgan fingerprint density at radius 1 is 1.21 bits per heavy atom. The summed E-state index contributed by atoms with van der Waals surface area (Å²) in [5, 5.41) is 2.65. The van der Waals surface area contributed by atoms with E-state index < -0.39 is 17.7 Å². The van der Waals surface area contributed by atoms with Crippen molar-refractivity contribution in [2.75, 3.05) is 18.0 Å². The fraction of sp³-hybridized carbons (Fsp3) is 0.550. The summed E-state index contributed by atoms with van der Waals surface area (Å²) in [4.78, 5) is 47.0. The van der Waals surface area contributed by atoms with Crippen LogP contribution in [-0.4, -0.2) is 36.7 Å². The number of ether oxygens (including phenoxy) is 1. The summed E-state index contributed by atoms with van der Waals surface area (Å²) in [7, 11) is 0. The molecule has 0 bridgehead atoms. The molecule has 1 heterocycles. The van der Waals surface area contributed by atoms with Crippen LogP contribution in [0.3, 0.4) is 0 Å². The number of rotatable bonds is 7. The SMILES string of the molecule is CCC(=O)OOc1cccc2c1CCN2C(=O)CCCNC(=O)OC(C)(C)C. The molecule has 2 rings (SSSR count). The minimum atomic E-state index is -0.551. The molecule has 0 spiro atoms. The molecule has 8 nitrogen and oxygen atoms in total. The van der Waals surface area contributed by atoms with Crippen LogP contribution in [0.5, 0.6) is 5.75 Å². The zero-order chi connectivity index (χ0) is 20.7. The molecular formula is C20H28N2O6. The number of fused-ring (bicyclic) bond motifs is 1. The molecule has 0 aromatic heterocycles. The van der Waals surface area contributed by atoms with Gasteiger partial charge in [0.15, 0.2) is 5.75 Å². The van der Waals surface area contributed by atoms with E-state index in [0.29, 0.717) is 38.1 Å². The Bertz CT molecular complexity index is 726. The minimum absolute atomic E-state index is 0.0348. The largest absolute Gasteiger partial charge is 0.444 e. The highest BCUT2D eigenvalue weighted by molar-refractivity contribution is 5.96. The number of nitrogens with one attached hydrogen (secondary N) is 1. The molecule has 28 heavy (non-hydrogen) atoms. The van der Waals surface area contributed by atoms with Gasteiger partial charge in [0.2, 0.25) is 5.91 Å². The summed E-state index contributed by atoms with van der Waals surface area (Å²) in [5.74, 6) is -0.0466. The number of alkyl carbamates (subject to hydrolysis) is 1. The van der Waals surface area contributed by atoms with Crippen LogP contribution in [0, 0.1) is 0 Å². The van der Waals surface area contributed by atoms with Gasteiger partial charge in [-0.3, -0.25) is 14.6 Å². The maximum Gasteiger partial charge on any atom is 0.407 e. The minimum Gasteiger partial charge on any atom is -0.444 e. The average molecular weight is 392 g/mol. The van der Waals surface area contributed by atoms with Gasteiger partial charge in [0.25, 0.3) is 0 Å². The molecule has 1 aromatic carbocycles. The molecule has 1 aliphatic rings. The quantitative estimate of drug-likeness (QED) is 0.435. The Kier molecular flexibility index (Phi) is 7.25. The number of amides is 2. The van der Waals surface area contributed by atoms with Crippen molar-refractivity contribution in [3.63, 3.8) is 0 Å². The van der Waals surface area contributed by atoms with Gasteiger partial charge in [-0.05, 0) is 45.7 Å². The van der Waals surface area contributed by atoms with E-state index >= 15 is 0 Å². The van der Waals surface area contributed by atoms with Crippen LogP contribution in [0.1, 0.15) is 52.5 Å². The van der Waals surface area contributed by atoms with E-state index in [1.165, 1.54) is 0 Å². The highest BCUT2D eigenvalue weighted by atomic mass is 17.2. The molecule has 0 unspecified atom stereocenters. The van der Waals surface area contributed by atoms with Crippen LogP contribution in [0.4, 0.5) is 10.5 Å². The molecule has 0 saturated heterocycles. The van der Waals surface area contributed by atoms with Crippen molar-refractivity contribution in [1.29, 1.82) is 0 Å². The van der Waals surface area contributed by atoms with Gasteiger partial charge in [0, 0.05) is 31.5 Å². The predicted molar refractivity (Wildman–Crippen MR) is 103 cm³/mol. The second kappa shape index (κ2) is 9.43. The van der Waals surface area contributed by atoms with Crippen LogP contribution in [-0.2, 0) is 25.6 Å². The third-order valence-electron chi connectivity index (χ3n) is 4.03. The first-order valence-corrected chi connectivity index (χ1v) is 9.47. The van der Waals surface area contributed by atoms with E-state index in [4.69, 9.17) is 14.5 Å². The Morgan fingerprint density at radius 3 is 2.64 bits per heavy atom. The molecule has 0 fully saturated rings. The molecule has 0 atom stereocenters. The number of carbonyl (C=O) groups excluding carboxylic acids is 3. The summed E-state index contributed by atoms with van der Waals surface area (Å²) in [6.45, 7) is 7.96. The molecule has 0 saturated carbocycles. The van der Waals surface area contributed by atoms with E-state index in [1.54, 1.807) is 44.7 Å². The van der Waals surface area contributed by atoms with Crippen molar-refractivity contribution in [2.45, 2.75) is 59.0 Å². The summed E-state index contributed by atoms with van der Waals surface area (Å²) in [6, 6.07) is 5.30. The lowest BCUT2D eigenvalue weighted by molar-refractivity contribution is -0.213. The molecule has 2 amide bonds. The summed E-state index contributed by atoms with van der Waals surface area (Å²) < 4.78 is 5.16. The van der Waals surface area contributed by atoms with Crippen molar-refractivity contribution in [1.82, 2.24) is 5.32 Å². The van der Waals surface area contributed by atoms with Crippen LogP contribution < -0.4 is 15.1 Å². The van der Waals surface area contributed by atoms with Crippen LogP contribution in [0.15, 0.2) is 18.2 Å². The Balaban J connectivity index is 1.85. The first-order chi connectivity index (χ1) is 13.2. The normalized spacial score (nSPS) is 12.9. The van der Waals surface area contributed by atoms with Crippen molar-refractivity contribution >= 4 is 23.7 Å². The monoisotopic (exact) mass is 392 g/mol. The van der Waals surface area contributed by atoms with Gasteiger partial charge in [0.1, 0.15) is 5.60 Å². The Hall–Kier alpha value is -2.77. The predicted octanol–water partition coefficient (Wildman–Crippen LogP) is 3.13. The van der Waals surface area contributed by atoms with Gasteiger partial charge >= 0.3 is 12.1 Å². The van der Waals surface area contributed by atoms with E-state index in [-0.39, 0.29) is 12.3 Å². The first-order valence-electron chi connectivity index (χ1n) is 9.47. The summed E-state index contributed by atoms with van der Waals surface area (Å²) >= 11 is 0. The van der Waals surface area contributed by atoms with Crippen molar-refractivity contribution in [3.8, 4) is 5.75 Å². The maximum absolute atomic E-state index is 12.6. The smallest absolute Gasteiger partial charge is 0.407 e. The van der Waals surface area contributed by atoms with Gasteiger partial charge in [-0.15, -0.1) is 0 Å². The van der Waals surface area contributed by atoms with Crippen molar-refractivity contribution in [3.05, 3.63) is 23.8 Å². The third-order valence-corrected chi connectivity index (χ3v) is 4.03. The summed E-state index contributed by atoms with van der Waals surface area (Å²) in [6.07, 6.45) is 1.16. The topological polar surface area (TPSA) is 94.2 Å². The van der Waals surface area contributed by atoms with Gasteiger partial charge in [-0.25, -0.2) is 9.59 Å². The van der Waals surface area contributed by atoms with Crippen molar-refractivity contribution in [2.24, 2.45) is 0 Å². The number of anilines is 1. The lowest BCUT2D eigenvalue weighted by Gasteiger charge is -2.20. The molecule has 1 aromatic rings. The number of hydrogen-bond donors (Lipinski definition) is 1. The van der Waals surface area contributed by atoms with Gasteiger partial charge < -0.3 is 15.0 Å². The highest BCUT2D eigenvalue weighted by Crippen LogP contribution is 2.35. The summed E-state index contributed by atoms with van der Waals surface area (Å²) in [5.41, 5.74) is 1.05. The van der Waals surface area contributed by atoms with E-state index in [0.717, 1.165) is 11.3 Å². The zero-order valence-electron chi connectivity index (χ0n) is 16.9. The van der Waals surface area contributed by atoms with Crippen LogP contribution in [0.25, 0.3) is 0 Å². The Labute approximate surface area is 165 Å². The lowest BCUT2D eigenvalue weighted by atomic mass is 10.1. The lowest BCUT2D eigenvalue weighted by Crippen LogP contribution is -2.34. The highest BCUT2D eigenvalue weighted by Gasteiger charge is 2.27. The molecular weight excluding hydrogens is 364 g/mol. The number of carbonyl (C=O) groups is 3. The number of benzene rings is 1. The van der Waals surface area contributed by atoms with Crippen LogP contribution >= 0.6 is 0 Å². The van der Waals surface area contributed by atoms with E-state index in [9.17, 15) is 14.4 Å². The third kappa shape index (κ3) is 6.14. The second-order valence-electron chi connectivity index (χ2n) is 7.47. The van der Waals surface area contributed by atoms with E-state index in [1.807, 2.05) is 6.07 Å². The van der Waals surface area contributed by atoms with Crippen molar-refractivity contribution < 1.29 is 28.9 Å². The molecule has 8 heteroatoms. The molecule has 1 aliphatic heterocycles. The number of nitrogens with zero attached hydrogens (tertiary/aromatic N) is 1. The van der Waals surface area contributed by atoms with Gasteiger partial charge in [-0.1, -0.05) is 13.0 Å². The fourth-order valence-corrected chi connectivity index (χ4v) is 2.77. The van der Waals surface area contributed by atoms with Gasteiger partial charge in [-0.2, -0.15) is 0 Å². The number of hydrogen-bond acceptors (Lipinski definition) is 6. The standard InChI is InChI=1S/C20H28N2O6/c1-5-18(24)28-27-16-9-6-8-15-14(16)11-13-22(15)17(23)10-7-12-21-19(25)26-20(2,3)4/h6,8-9H,5,7,10-13H2,1-4H3,(H,21,25). The van der Waals surface area contributed by atoms with Crippen LogP contribution in [0.2, 0.25) is 0 Å². The Morgan fingerprint density at radius 2 is 1.96 bits per heavy atom. The average Bonchev–Trinajstić information content (AvgIpc) is 3.06. The second-order valence-corrected chi connectivity index (χ2v) is 7.47. The van der Waals surface area contributed by atoms with Gasteiger partial charge in [0.05, 0.1) is 5.69 Å². The molecule has 154 valence electrons. The molecule has 0 radical (unpaired) electrons. The molecule has 1 N–H and O–H groups in total.